The molecule has 0 bridgehead atoms. The summed E-state index contributed by atoms with van der Waals surface area (Å²) >= 11 is 0. The maximum Gasteiger partial charge on any atom is 0.108 e. The number of nitrogens with zero attached hydrogens (tertiary/aromatic N) is 4. The molecule has 4 rings (SSSR count). The minimum Gasteiger partial charge on any atom is -0.399 e. The van der Waals surface area contributed by atoms with Crippen LogP contribution in [-0.4, -0.2) is 108 Å². The third-order valence-corrected chi connectivity index (χ3v) is 11.7. The van der Waals surface area contributed by atoms with E-state index in [0.29, 0.717) is 6.04 Å². The number of rotatable bonds is 10. The van der Waals surface area contributed by atoms with Crippen LogP contribution in [-0.2, 0) is 0 Å². The van der Waals surface area contributed by atoms with Crippen LogP contribution in [0.2, 0.25) is 25.7 Å². The van der Waals surface area contributed by atoms with Gasteiger partial charge in [-0.2, -0.15) is 0 Å². The molecule has 2 saturated heterocycles. The maximum absolute atomic E-state index is 9.17. The molecular weight excluding hydrogens is 572 g/mol. The van der Waals surface area contributed by atoms with Crippen molar-refractivity contribution in [2.24, 2.45) is 0 Å². The van der Waals surface area contributed by atoms with Gasteiger partial charge in [0.25, 0.3) is 0 Å². The Morgan fingerprint density at radius 3 is 1.56 bits per heavy atom. The van der Waals surface area contributed by atoms with Crippen LogP contribution in [0.1, 0.15) is 30.4 Å². The first kappa shape index (κ1) is 37.2. The summed E-state index contributed by atoms with van der Waals surface area (Å²) in [7, 11) is 8.35. The van der Waals surface area contributed by atoms with Crippen LogP contribution in [0.15, 0.2) is 36.4 Å². The Kier molecular flexibility index (Phi) is 13.3. The van der Waals surface area contributed by atoms with Crippen LogP contribution in [0.25, 0.3) is 0 Å². The van der Waals surface area contributed by atoms with E-state index in [9.17, 15) is 0 Å². The van der Waals surface area contributed by atoms with E-state index in [4.69, 9.17) is 16.6 Å². The van der Waals surface area contributed by atoms with Crippen molar-refractivity contribution in [1.29, 1.82) is 0 Å². The molecule has 2 atom stereocenters. The zero-order valence-electron chi connectivity index (χ0n) is 28.7. The highest BCUT2D eigenvalue weighted by Crippen LogP contribution is 2.29. The summed E-state index contributed by atoms with van der Waals surface area (Å²) in [5.74, 6) is 0. The average molecular weight is 635 g/mol. The molecule has 0 saturated carbocycles. The summed E-state index contributed by atoms with van der Waals surface area (Å²) in [4.78, 5) is 4.96. The number of nitrogen functional groups attached to an aromatic ring is 2. The molecule has 7 nitrogen and oxygen atoms in total. The fourth-order valence-electron chi connectivity index (χ4n) is 6.45. The summed E-state index contributed by atoms with van der Waals surface area (Å²) in [5, 5.41) is 9.17. The predicted molar refractivity (Wildman–Crippen MR) is 193 cm³/mol. The fraction of sp³-hybridized carbons (Fsp3) is 0.647. The monoisotopic (exact) mass is 634 g/mol. The van der Waals surface area contributed by atoms with E-state index in [0.717, 1.165) is 51.6 Å². The maximum atomic E-state index is 9.17. The smallest absolute Gasteiger partial charge is 0.108 e. The molecule has 2 aliphatic rings. The summed E-state index contributed by atoms with van der Waals surface area (Å²) in [5.41, 5.74) is 18.5. The number of aliphatic hydroxyl groups is 1. The van der Waals surface area contributed by atoms with Crippen molar-refractivity contribution < 1.29 is 14.1 Å². The molecule has 2 unspecified atom stereocenters. The van der Waals surface area contributed by atoms with Crippen molar-refractivity contribution in [3.05, 3.63) is 47.5 Å². The van der Waals surface area contributed by atoms with Gasteiger partial charge in [0.2, 0.25) is 0 Å². The molecule has 9 heteroatoms. The fourth-order valence-corrected chi connectivity index (χ4v) is 7.67. The largest absolute Gasteiger partial charge is 0.399 e. The number of hydrogen-bond donors (Lipinski definition) is 3. The van der Waals surface area contributed by atoms with E-state index in [1.165, 1.54) is 61.9 Å². The zero-order valence-corrected chi connectivity index (χ0v) is 30.5. The van der Waals surface area contributed by atoms with Gasteiger partial charge < -0.3 is 35.3 Å². The Morgan fingerprint density at radius 1 is 0.767 bits per heavy atom. The number of aliphatic hydroxyl groups excluding tert-OH is 1. The van der Waals surface area contributed by atoms with Gasteiger partial charge in [-0.1, -0.05) is 25.7 Å². The van der Waals surface area contributed by atoms with Crippen molar-refractivity contribution in [3.8, 4) is 0 Å². The van der Waals surface area contributed by atoms with Crippen molar-refractivity contribution in [2.45, 2.75) is 70.9 Å². The minimum atomic E-state index is -0.907. The second-order valence-electron chi connectivity index (χ2n) is 15.3. The SMILES string of the molecule is Cc1cc(N2CCC([N+](C)(C)CCC[Si](C)(C)C)C2)ccc1N.Cc1cc(N2CCC([N+](C)(C)CCO)C2)ccc1N.Cl. The predicted octanol–water partition coefficient (Wildman–Crippen LogP) is 5.61. The number of nitrogens with two attached hydrogens (primary N) is 2. The average Bonchev–Trinajstić information content (AvgIpc) is 3.58. The van der Waals surface area contributed by atoms with Crippen LogP contribution in [0.3, 0.4) is 0 Å². The third kappa shape index (κ3) is 10.6. The lowest BCUT2D eigenvalue weighted by Crippen LogP contribution is -2.51. The quantitative estimate of drug-likeness (QED) is 0.180. The number of aryl methyl sites for hydroxylation is 2. The van der Waals surface area contributed by atoms with Crippen molar-refractivity contribution in [2.75, 3.05) is 95.3 Å². The Labute approximate surface area is 270 Å². The van der Waals surface area contributed by atoms with Crippen LogP contribution < -0.4 is 21.3 Å². The lowest BCUT2D eigenvalue weighted by molar-refractivity contribution is -0.912. The molecule has 2 aromatic carbocycles. The number of quaternary nitrogens is 2. The Balaban J connectivity index is 0.000000298. The third-order valence-electron chi connectivity index (χ3n) is 9.88. The number of anilines is 4. The highest BCUT2D eigenvalue weighted by Gasteiger charge is 2.36. The Hall–Kier alpha value is -1.97. The lowest BCUT2D eigenvalue weighted by atomic mass is 10.1. The second-order valence-corrected chi connectivity index (χ2v) is 20.9. The normalized spacial score (nSPS) is 19.2. The zero-order chi connectivity index (χ0) is 31.3. The molecule has 0 aliphatic carbocycles. The first-order chi connectivity index (χ1) is 19.5. The van der Waals surface area contributed by atoms with Crippen molar-refractivity contribution >= 4 is 43.2 Å². The lowest BCUT2D eigenvalue weighted by Gasteiger charge is -2.37. The molecule has 0 amide bonds. The van der Waals surface area contributed by atoms with E-state index >= 15 is 0 Å². The van der Waals surface area contributed by atoms with Gasteiger partial charge >= 0.3 is 0 Å². The van der Waals surface area contributed by atoms with Gasteiger partial charge in [-0.3, -0.25) is 0 Å². The van der Waals surface area contributed by atoms with E-state index in [-0.39, 0.29) is 19.0 Å². The first-order valence-corrected chi connectivity index (χ1v) is 19.7. The van der Waals surface area contributed by atoms with Crippen molar-refractivity contribution in [1.82, 2.24) is 0 Å². The summed E-state index contributed by atoms with van der Waals surface area (Å²) < 4.78 is 2.05. The molecule has 5 N–H and O–H groups in total. The van der Waals surface area contributed by atoms with Gasteiger partial charge in [0.15, 0.2) is 0 Å². The van der Waals surface area contributed by atoms with E-state index in [2.05, 4.69) is 95.7 Å². The Morgan fingerprint density at radius 2 is 1.19 bits per heavy atom. The molecular formula is C34H63ClN6OSi+2. The topological polar surface area (TPSA) is 78.8 Å². The number of benzene rings is 2. The van der Waals surface area contributed by atoms with Crippen LogP contribution >= 0.6 is 12.4 Å². The molecule has 0 spiro atoms. The number of likely N-dealkylation sites (N-methyl/N-ethyl adjacent to an activating group) is 2. The standard InChI is InChI=1S/C19H36N3Si.C15H26N3O.ClH/c1-16-14-17(8-9-19(16)20)21-11-10-18(15-21)22(2,3)12-7-13-23(4,5)6;1-12-10-13(4-5-15(12)16)17-7-6-14(11-17)18(2,3)8-9-19;/h8-9,14,18H,7,10-13,15,20H2,1-6H3;4-5,10,14,19H,6-9,11,16H2,1-3H3;1H/q2*+1;. The summed E-state index contributed by atoms with van der Waals surface area (Å²) in [6, 6.07) is 15.5. The molecule has 43 heavy (non-hydrogen) atoms. The summed E-state index contributed by atoms with van der Waals surface area (Å²) in [6.07, 6.45) is 3.85. The number of hydrogen-bond acceptors (Lipinski definition) is 5. The van der Waals surface area contributed by atoms with Gasteiger partial charge in [0.05, 0.1) is 54.4 Å². The summed E-state index contributed by atoms with van der Waals surface area (Å²) in [6.45, 7) is 18.5. The molecule has 0 aromatic heterocycles. The van der Waals surface area contributed by atoms with E-state index in [1.807, 2.05) is 12.1 Å². The highest BCUT2D eigenvalue weighted by atomic mass is 35.5. The Bertz CT molecular complexity index is 1170. The van der Waals surface area contributed by atoms with Crippen LogP contribution in [0, 0.1) is 13.8 Å². The first-order valence-electron chi connectivity index (χ1n) is 16.0. The minimum absolute atomic E-state index is 0. The molecule has 2 fully saturated rings. The van der Waals surface area contributed by atoms with Gasteiger partial charge in [-0.05, 0) is 67.8 Å². The molecule has 0 radical (unpaired) electrons. The van der Waals surface area contributed by atoms with Gasteiger partial charge in [-0.15, -0.1) is 12.4 Å². The van der Waals surface area contributed by atoms with Crippen LogP contribution in [0.5, 0.6) is 0 Å². The molecule has 2 aromatic rings. The van der Waals surface area contributed by atoms with Gasteiger partial charge in [0.1, 0.15) is 18.6 Å². The molecule has 244 valence electrons. The number of halogens is 1. The van der Waals surface area contributed by atoms with Gasteiger partial charge in [-0.25, -0.2) is 0 Å². The second kappa shape index (κ2) is 15.3. The molecule has 2 aliphatic heterocycles. The highest BCUT2D eigenvalue weighted by molar-refractivity contribution is 6.76. The van der Waals surface area contributed by atoms with E-state index < -0.39 is 8.07 Å². The van der Waals surface area contributed by atoms with Gasteiger partial charge in [0, 0.05) is 56.8 Å². The van der Waals surface area contributed by atoms with Crippen molar-refractivity contribution in [3.63, 3.8) is 0 Å². The van der Waals surface area contributed by atoms with Crippen LogP contribution in [0.4, 0.5) is 22.7 Å². The van der Waals surface area contributed by atoms with E-state index in [1.54, 1.807) is 0 Å². The molecule has 2 heterocycles.